The number of hydrogen-bond acceptors (Lipinski definition) is 3. The molecule has 2 aliphatic rings. The Morgan fingerprint density at radius 3 is 2.85 bits per heavy atom. The minimum atomic E-state index is -0.193. The van der Waals surface area contributed by atoms with Gasteiger partial charge in [-0.3, -0.25) is 9.59 Å². The van der Waals surface area contributed by atoms with Crippen molar-refractivity contribution in [3.05, 3.63) is 59.7 Å². The second kappa shape index (κ2) is 7.43. The average molecular weight is 364 g/mol. The molecule has 1 saturated heterocycles. The fourth-order valence-corrected chi connectivity index (χ4v) is 4.28. The number of nitrogens with one attached hydrogen (secondary N) is 1. The third-order valence-corrected chi connectivity index (χ3v) is 5.55. The first-order chi connectivity index (χ1) is 13.2. The molecule has 0 unspecified atom stereocenters. The molecule has 5 heteroatoms. The van der Waals surface area contributed by atoms with Gasteiger partial charge in [-0.2, -0.15) is 0 Å². The number of likely N-dealkylation sites (tertiary alicyclic amines) is 1. The molecule has 2 aromatic rings. The molecule has 2 amide bonds. The molecule has 2 atom stereocenters. The van der Waals surface area contributed by atoms with Crippen LogP contribution in [0, 0.1) is 0 Å². The molecule has 0 aliphatic carbocycles. The van der Waals surface area contributed by atoms with Crippen LogP contribution in [0.2, 0.25) is 0 Å². The lowest BCUT2D eigenvalue weighted by Gasteiger charge is -2.32. The quantitative estimate of drug-likeness (QED) is 0.897. The molecule has 1 fully saturated rings. The van der Waals surface area contributed by atoms with Gasteiger partial charge in [0.05, 0.1) is 5.69 Å². The number of amides is 2. The summed E-state index contributed by atoms with van der Waals surface area (Å²) in [5, 5.41) is 2.78. The smallest absolute Gasteiger partial charge is 0.262 e. The molecule has 1 N–H and O–H groups in total. The number of benzene rings is 2. The van der Waals surface area contributed by atoms with Crippen molar-refractivity contribution in [3.63, 3.8) is 0 Å². The van der Waals surface area contributed by atoms with Crippen molar-refractivity contribution in [3.8, 4) is 5.75 Å². The number of nitrogens with zero attached hydrogens (tertiary/aromatic N) is 1. The standard InChI is InChI=1S/C22H24N2O3/c1-2-17(15-7-4-3-5-8-15)19-9-6-12-24(19)22(26)16-10-11-20-18(13-16)23-21(25)14-27-20/h3-5,7-8,10-11,13,17,19H,2,6,9,12,14H2,1H3,(H,23,25)/t17-,19-/m0/s1. The Hall–Kier alpha value is -2.82. The van der Waals surface area contributed by atoms with E-state index >= 15 is 0 Å². The molecular formula is C22H24N2O3. The molecule has 0 saturated carbocycles. The molecule has 2 aliphatic heterocycles. The van der Waals surface area contributed by atoms with Crippen LogP contribution in [0.3, 0.4) is 0 Å². The molecule has 5 nitrogen and oxygen atoms in total. The van der Waals surface area contributed by atoms with Gasteiger partial charge in [-0.15, -0.1) is 0 Å². The van der Waals surface area contributed by atoms with Crippen LogP contribution in [0.1, 0.15) is 48.0 Å². The number of hydrogen-bond donors (Lipinski definition) is 1. The predicted molar refractivity (Wildman–Crippen MR) is 104 cm³/mol. The van der Waals surface area contributed by atoms with Gasteiger partial charge in [0.1, 0.15) is 5.75 Å². The van der Waals surface area contributed by atoms with Crippen molar-refractivity contribution in [1.82, 2.24) is 4.90 Å². The van der Waals surface area contributed by atoms with Gasteiger partial charge < -0.3 is 15.0 Å². The van der Waals surface area contributed by atoms with Gasteiger partial charge in [0.15, 0.2) is 6.61 Å². The highest BCUT2D eigenvalue weighted by atomic mass is 16.5. The first kappa shape index (κ1) is 17.6. The lowest BCUT2D eigenvalue weighted by Crippen LogP contribution is -2.39. The summed E-state index contributed by atoms with van der Waals surface area (Å²) in [5.41, 5.74) is 2.45. The first-order valence-electron chi connectivity index (χ1n) is 9.60. The minimum absolute atomic E-state index is 0.0176. The van der Waals surface area contributed by atoms with Crippen LogP contribution in [-0.4, -0.2) is 35.9 Å². The minimum Gasteiger partial charge on any atom is -0.482 e. The third kappa shape index (κ3) is 3.42. The highest BCUT2D eigenvalue weighted by Crippen LogP contribution is 2.35. The first-order valence-corrected chi connectivity index (χ1v) is 9.60. The SMILES string of the molecule is CC[C@@H](c1ccccc1)[C@@H]1CCCN1C(=O)c1ccc2c(c1)NC(=O)CO2. The monoisotopic (exact) mass is 364 g/mol. The van der Waals surface area contributed by atoms with E-state index in [-0.39, 0.29) is 24.5 Å². The zero-order valence-electron chi connectivity index (χ0n) is 15.5. The van der Waals surface area contributed by atoms with Crippen molar-refractivity contribution in [1.29, 1.82) is 0 Å². The maximum atomic E-state index is 13.2. The van der Waals surface area contributed by atoms with E-state index in [0.29, 0.717) is 22.9 Å². The lowest BCUT2D eigenvalue weighted by molar-refractivity contribution is -0.118. The summed E-state index contributed by atoms with van der Waals surface area (Å²) in [6.45, 7) is 2.97. The van der Waals surface area contributed by atoms with Crippen LogP contribution in [0.15, 0.2) is 48.5 Å². The number of ether oxygens (including phenoxy) is 1. The van der Waals surface area contributed by atoms with Crippen LogP contribution in [0.5, 0.6) is 5.75 Å². The summed E-state index contributed by atoms with van der Waals surface area (Å²) in [5.74, 6) is 0.772. The molecule has 0 aromatic heterocycles. The van der Waals surface area contributed by atoms with Crippen LogP contribution in [0.25, 0.3) is 0 Å². The van der Waals surface area contributed by atoms with Gasteiger partial charge in [0, 0.05) is 24.1 Å². The highest BCUT2D eigenvalue weighted by Gasteiger charge is 2.35. The van der Waals surface area contributed by atoms with E-state index in [4.69, 9.17) is 4.74 Å². The molecule has 0 spiro atoms. The van der Waals surface area contributed by atoms with E-state index in [9.17, 15) is 9.59 Å². The van der Waals surface area contributed by atoms with E-state index in [2.05, 4.69) is 36.5 Å². The highest BCUT2D eigenvalue weighted by molar-refractivity contribution is 6.00. The average Bonchev–Trinajstić information content (AvgIpc) is 3.17. The number of fused-ring (bicyclic) bond motifs is 1. The zero-order valence-corrected chi connectivity index (χ0v) is 15.5. The van der Waals surface area contributed by atoms with Gasteiger partial charge in [0.2, 0.25) is 0 Å². The molecule has 0 radical (unpaired) electrons. The second-order valence-electron chi connectivity index (χ2n) is 7.18. The second-order valence-corrected chi connectivity index (χ2v) is 7.18. The van der Waals surface area contributed by atoms with Crippen molar-refractivity contribution in [2.45, 2.75) is 38.1 Å². The molecule has 2 aromatic carbocycles. The summed E-state index contributed by atoms with van der Waals surface area (Å²) in [7, 11) is 0. The summed E-state index contributed by atoms with van der Waals surface area (Å²) in [4.78, 5) is 26.8. The zero-order chi connectivity index (χ0) is 18.8. The van der Waals surface area contributed by atoms with Crippen molar-refractivity contribution < 1.29 is 14.3 Å². The van der Waals surface area contributed by atoms with Crippen LogP contribution < -0.4 is 10.1 Å². The molecule has 140 valence electrons. The molecule has 27 heavy (non-hydrogen) atoms. The van der Waals surface area contributed by atoms with E-state index in [0.717, 1.165) is 25.8 Å². The predicted octanol–water partition coefficient (Wildman–Crippen LogP) is 3.82. The Kier molecular flexibility index (Phi) is 4.84. The van der Waals surface area contributed by atoms with E-state index in [1.54, 1.807) is 18.2 Å². The van der Waals surface area contributed by atoms with Gasteiger partial charge in [-0.25, -0.2) is 0 Å². The van der Waals surface area contributed by atoms with E-state index < -0.39 is 0 Å². The summed E-state index contributed by atoms with van der Waals surface area (Å²) in [6, 6.07) is 15.9. The van der Waals surface area contributed by atoms with E-state index in [1.807, 2.05) is 11.0 Å². The Morgan fingerprint density at radius 1 is 1.26 bits per heavy atom. The molecule has 0 bridgehead atoms. The van der Waals surface area contributed by atoms with Crippen molar-refractivity contribution >= 4 is 17.5 Å². The third-order valence-electron chi connectivity index (χ3n) is 5.55. The number of rotatable bonds is 4. The van der Waals surface area contributed by atoms with Crippen molar-refractivity contribution in [2.24, 2.45) is 0 Å². The molecule has 2 heterocycles. The van der Waals surface area contributed by atoms with Crippen LogP contribution >= 0.6 is 0 Å². The van der Waals surface area contributed by atoms with Gasteiger partial charge in [-0.05, 0) is 43.0 Å². The number of carbonyl (C=O) groups is 2. The largest absolute Gasteiger partial charge is 0.482 e. The summed E-state index contributed by atoms with van der Waals surface area (Å²) < 4.78 is 5.39. The fraction of sp³-hybridized carbons (Fsp3) is 0.364. The van der Waals surface area contributed by atoms with Crippen molar-refractivity contribution in [2.75, 3.05) is 18.5 Å². The van der Waals surface area contributed by atoms with Gasteiger partial charge >= 0.3 is 0 Å². The van der Waals surface area contributed by atoms with Gasteiger partial charge in [-0.1, -0.05) is 37.3 Å². The topological polar surface area (TPSA) is 58.6 Å². The Bertz CT molecular complexity index is 850. The fourth-order valence-electron chi connectivity index (χ4n) is 4.28. The summed E-state index contributed by atoms with van der Waals surface area (Å²) in [6.07, 6.45) is 3.03. The number of anilines is 1. The van der Waals surface area contributed by atoms with E-state index in [1.165, 1.54) is 5.56 Å². The van der Waals surface area contributed by atoms with Crippen LogP contribution in [-0.2, 0) is 4.79 Å². The molecular weight excluding hydrogens is 340 g/mol. The Balaban J connectivity index is 1.59. The Morgan fingerprint density at radius 2 is 2.07 bits per heavy atom. The molecule has 4 rings (SSSR count). The van der Waals surface area contributed by atoms with Gasteiger partial charge in [0.25, 0.3) is 11.8 Å². The maximum Gasteiger partial charge on any atom is 0.262 e. The lowest BCUT2D eigenvalue weighted by atomic mass is 9.87. The maximum absolute atomic E-state index is 13.2. The summed E-state index contributed by atoms with van der Waals surface area (Å²) >= 11 is 0. The Labute approximate surface area is 159 Å². The van der Waals surface area contributed by atoms with Crippen LogP contribution in [0.4, 0.5) is 5.69 Å². The number of carbonyl (C=O) groups excluding carboxylic acids is 2. The normalized spacial score (nSPS) is 19.8.